The van der Waals surface area contributed by atoms with Crippen molar-refractivity contribution in [2.75, 3.05) is 0 Å². The van der Waals surface area contributed by atoms with Gasteiger partial charge in [0, 0.05) is 21.5 Å². The summed E-state index contributed by atoms with van der Waals surface area (Å²) in [5.74, 6) is 0. The lowest BCUT2D eigenvalue weighted by Crippen LogP contribution is -2.12. The second kappa shape index (κ2) is 15.4. The molecule has 0 fully saturated rings. The molecule has 12 heteroatoms. The van der Waals surface area contributed by atoms with Crippen molar-refractivity contribution in [2.45, 2.75) is 39.3 Å². The van der Waals surface area contributed by atoms with E-state index in [0.29, 0.717) is 55.7 Å². The van der Waals surface area contributed by atoms with E-state index >= 15 is 0 Å². The lowest BCUT2D eigenvalue weighted by Gasteiger charge is -2.20. The van der Waals surface area contributed by atoms with Gasteiger partial charge in [-0.2, -0.15) is 44.8 Å². The molecule has 0 N–H and O–H groups in total. The van der Waals surface area contributed by atoms with Crippen molar-refractivity contribution in [1.82, 2.24) is 9.13 Å². The van der Waals surface area contributed by atoms with Crippen molar-refractivity contribution < 1.29 is 39.5 Å². The number of nitriles is 1. The molecule has 0 aliphatic heterocycles. The standard InChI is InChI=1S/C55H34F9N3/c1-30-12-16-39(32(3)20-30)33-13-17-43-41-8-4-6-10-47(41)66(49(43)24-33)51-26-36(35-21-31(2)22-38(23-35)54(59,60)61)27-52(45(51)29-65)67-48-11-7-5-9-42(48)44-18-14-34(25-50(44)67)40-19-15-37(53(56,57)58)28-46(40)55(62,63)64/h4-28H,1-3H3. The van der Waals surface area contributed by atoms with Gasteiger partial charge in [0.25, 0.3) is 0 Å². The van der Waals surface area contributed by atoms with Gasteiger partial charge in [0.1, 0.15) is 11.6 Å². The van der Waals surface area contributed by atoms with Crippen LogP contribution in [0.15, 0.2) is 152 Å². The van der Waals surface area contributed by atoms with Crippen LogP contribution >= 0.6 is 0 Å². The van der Waals surface area contributed by atoms with Gasteiger partial charge in [-0.05, 0) is 126 Å². The summed E-state index contributed by atoms with van der Waals surface area (Å²) in [5, 5.41) is 14.3. The topological polar surface area (TPSA) is 33.6 Å². The van der Waals surface area contributed by atoms with Gasteiger partial charge in [0.05, 0.1) is 50.1 Å². The van der Waals surface area contributed by atoms with Crippen LogP contribution in [0.4, 0.5) is 39.5 Å². The Morgan fingerprint density at radius 3 is 1.43 bits per heavy atom. The maximum absolute atomic E-state index is 14.6. The van der Waals surface area contributed by atoms with Crippen LogP contribution in [0.1, 0.15) is 38.9 Å². The minimum atomic E-state index is -5.17. The lowest BCUT2D eigenvalue weighted by atomic mass is 9.95. The van der Waals surface area contributed by atoms with Crippen molar-refractivity contribution in [2.24, 2.45) is 0 Å². The van der Waals surface area contributed by atoms with Gasteiger partial charge >= 0.3 is 18.5 Å². The summed E-state index contributed by atoms with van der Waals surface area (Å²) in [7, 11) is 0. The smallest absolute Gasteiger partial charge is 0.308 e. The highest BCUT2D eigenvalue weighted by Gasteiger charge is 2.39. The largest absolute Gasteiger partial charge is 0.417 e. The molecule has 0 aliphatic rings. The van der Waals surface area contributed by atoms with Gasteiger partial charge < -0.3 is 9.13 Å². The normalized spacial score (nSPS) is 12.5. The summed E-state index contributed by atoms with van der Waals surface area (Å²) in [5.41, 5.74) is 3.22. The minimum absolute atomic E-state index is 0.0534. The number of halogens is 9. The Morgan fingerprint density at radius 2 is 0.910 bits per heavy atom. The quantitative estimate of drug-likeness (QED) is 0.158. The SMILES string of the molecule is Cc1cc(-c2cc(-n3c4ccccc4c4ccc(-c5ccc(C)cc5C)cc43)c(C#N)c(-n3c4ccccc4c4ccc(-c5ccc(C(F)(F)F)cc5C(F)(F)F)cc43)c2)cc(C(F)(F)F)c1. The average molecular weight is 908 g/mol. The predicted octanol–water partition coefficient (Wildman–Crippen LogP) is 16.7. The molecule has 0 saturated heterocycles. The van der Waals surface area contributed by atoms with Gasteiger partial charge in [0.2, 0.25) is 0 Å². The van der Waals surface area contributed by atoms with Gasteiger partial charge in [-0.3, -0.25) is 0 Å². The highest BCUT2D eigenvalue weighted by atomic mass is 19.4. The van der Waals surface area contributed by atoms with Crippen LogP contribution in [-0.4, -0.2) is 9.13 Å². The van der Waals surface area contributed by atoms with E-state index in [4.69, 9.17) is 0 Å². The first-order chi connectivity index (χ1) is 31.8. The summed E-state index contributed by atoms with van der Waals surface area (Å²) in [6.45, 7) is 5.57. The monoisotopic (exact) mass is 907 g/mol. The van der Waals surface area contributed by atoms with Crippen LogP contribution in [0.5, 0.6) is 0 Å². The Kier molecular flexibility index (Phi) is 9.92. The fourth-order valence-corrected chi connectivity index (χ4v) is 9.50. The highest BCUT2D eigenvalue weighted by Crippen LogP contribution is 2.45. The number of para-hydroxylation sites is 2. The molecule has 0 bridgehead atoms. The van der Waals surface area contributed by atoms with E-state index in [1.165, 1.54) is 12.1 Å². The zero-order chi connectivity index (χ0) is 47.3. The number of hydrogen-bond acceptors (Lipinski definition) is 1. The van der Waals surface area contributed by atoms with E-state index < -0.39 is 40.8 Å². The zero-order valence-corrected chi connectivity index (χ0v) is 35.7. The summed E-state index contributed by atoms with van der Waals surface area (Å²) >= 11 is 0. The summed E-state index contributed by atoms with van der Waals surface area (Å²) < 4.78 is 132. The fraction of sp³-hybridized carbons (Fsp3) is 0.109. The molecule has 332 valence electrons. The fourth-order valence-electron chi connectivity index (χ4n) is 9.50. The number of hydrogen-bond donors (Lipinski definition) is 0. The molecule has 3 nitrogen and oxygen atoms in total. The molecule has 8 aromatic carbocycles. The van der Waals surface area contributed by atoms with E-state index in [0.717, 1.165) is 51.2 Å². The van der Waals surface area contributed by atoms with Crippen molar-refractivity contribution in [3.63, 3.8) is 0 Å². The maximum atomic E-state index is 14.6. The third-order valence-corrected chi connectivity index (χ3v) is 12.4. The van der Waals surface area contributed by atoms with E-state index in [1.807, 2.05) is 73.0 Å². The second-order valence-electron chi connectivity index (χ2n) is 16.8. The van der Waals surface area contributed by atoms with Crippen molar-refractivity contribution in [1.29, 1.82) is 5.26 Å². The van der Waals surface area contributed by atoms with Crippen LogP contribution in [0.25, 0.3) is 88.4 Å². The minimum Gasteiger partial charge on any atom is -0.308 e. The number of benzene rings is 8. The van der Waals surface area contributed by atoms with Gasteiger partial charge in [-0.15, -0.1) is 0 Å². The molecular weight excluding hydrogens is 874 g/mol. The first kappa shape index (κ1) is 43.1. The first-order valence-corrected chi connectivity index (χ1v) is 21.0. The van der Waals surface area contributed by atoms with E-state index in [1.54, 1.807) is 60.0 Å². The number of rotatable bonds is 5. The van der Waals surface area contributed by atoms with Crippen LogP contribution in [-0.2, 0) is 18.5 Å². The highest BCUT2D eigenvalue weighted by molar-refractivity contribution is 6.12. The molecule has 0 atom stereocenters. The Morgan fingerprint density at radius 1 is 0.403 bits per heavy atom. The molecule has 10 rings (SSSR count). The molecule has 0 amide bonds. The molecule has 10 aromatic rings. The summed E-state index contributed by atoms with van der Waals surface area (Å²) in [6.07, 6.45) is -14.9. The van der Waals surface area contributed by atoms with Crippen LogP contribution in [0.3, 0.4) is 0 Å². The number of aryl methyl sites for hydroxylation is 3. The Balaban J connectivity index is 1.33. The molecule has 2 aromatic heterocycles. The van der Waals surface area contributed by atoms with E-state index in [-0.39, 0.29) is 28.4 Å². The van der Waals surface area contributed by atoms with Crippen LogP contribution in [0.2, 0.25) is 0 Å². The van der Waals surface area contributed by atoms with E-state index in [2.05, 4.69) is 12.1 Å². The second-order valence-corrected chi connectivity index (χ2v) is 16.8. The van der Waals surface area contributed by atoms with Crippen LogP contribution < -0.4 is 0 Å². The third kappa shape index (κ3) is 7.35. The summed E-state index contributed by atoms with van der Waals surface area (Å²) in [4.78, 5) is 0. The summed E-state index contributed by atoms with van der Waals surface area (Å²) in [6, 6.07) is 42.1. The Labute approximate surface area is 377 Å². The van der Waals surface area contributed by atoms with Crippen molar-refractivity contribution in [3.05, 3.63) is 191 Å². The number of alkyl halides is 9. The number of fused-ring (bicyclic) bond motifs is 6. The van der Waals surface area contributed by atoms with Crippen molar-refractivity contribution in [3.8, 4) is 50.8 Å². The number of nitrogens with zero attached hydrogens (tertiary/aromatic N) is 3. The first-order valence-electron chi connectivity index (χ1n) is 21.0. The molecular formula is C55H34F9N3. The zero-order valence-electron chi connectivity index (χ0n) is 35.7. The Bertz CT molecular complexity index is 3710. The molecule has 0 aliphatic carbocycles. The molecule has 2 heterocycles. The third-order valence-electron chi connectivity index (χ3n) is 12.4. The average Bonchev–Trinajstić information content (AvgIpc) is 3.79. The lowest BCUT2D eigenvalue weighted by molar-refractivity contribution is -0.143. The molecule has 0 unspecified atom stereocenters. The predicted molar refractivity (Wildman–Crippen MR) is 245 cm³/mol. The maximum Gasteiger partial charge on any atom is 0.417 e. The molecule has 0 radical (unpaired) electrons. The van der Waals surface area contributed by atoms with Gasteiger partial charge in [-0.1, -0.05) is 96.6 Å². The molecule has 0 saturated carbocycles. The molecule has 0 spiro atoms. The Hall–Kier alpha value is -7.78. The van der Waals surface area contributed by atoms with E-state index in [9.17, 15) is 44.8 Å². The molecule has 67 heavy (non-hydrogen) atoms. The van der Waals surface area contributed by atoms with Crippen molar-refractivity contribution >= 4 is 43.6 Å². The van der Waals surface area contributed by atoms with Gasteiger partial charge in [0.15, 0.2) is 0 Å². The van der Waals surface area contributed by atoms with Crippen LogP contribution in [0, 0.1) is 32.1 Å². The van der Waals surface area contributed by atoms with Gasteiger partial charge in [-0.25, -0.2) is 0 Å². The number of aromatic nitrogens is 2.